The SMILES string of the molecule is C[C@@H]1C[C@H](N(Cc2ccccc2)Cc2ccccc2)CN(Cc2ccccc2)C1=O. The van der Waals surface area contributed by atoms with Crippen LogP contribution in [0.3, 0.4) is 0 Å². The number of amides is 1. The highest BCUT2D eigenvalue weighted by Crippen LogP contribution is 2.26. The molecule has 154 valence electrons. The summed E-state index contributed by atoms with van der Waals surface area (Å²) in [5.41, 5.74) is 3.82. The van der Waals surface area contributed by atoms with Gasteiger partial charge in [0.05, 0.1) is 0 Å². The van der Waals surface area contributed by atoms with E-state index in [0.29, 0.717) is 12.6 Å². The Morgan fingerprint density at radius 1 is 0.767 bits per heavy atom. The molecule has 0 aliphatic carbocycles. The molecule has 0 aromatic heterocycles. The van der Waals surface area contributed by atoms with Crippen LogP contribution in [0, 0.1) is 5.92 Å². The lowest BCUT2D eigenvalue weighted by molar-refractivity contribution is -0.141. The smallest absolute Gasteiger partial charge is 0.225 e. The van der Waals surface area contributed by atoms with Crippen molar-refractivity contribution in [2.45, 2.75) is 39.0 Å². The van der Waals surface area contributed by atoms with Crippen LogP contribution in [0.5, 0.6) is 0 Å². The van der Waals surface area contributed by atoms with Crippen LogP contribution in [0.2, 0.25) is 0 Å². The summed E-state index contributed by atoms with van der Waals surface area (Å²) >= 11 is 0. The number of hydrogen-bond acceptors (Lipinski definition) is 2. The Morgan fingerprint density at radius 2 is 1.23 bits per heavy atom. The van der Waals surface area contributed by atoms with Gasteiger partial charge in [-0.25, -0.2) is 0 Å². The van der Waals surface area contributed by atoms with Crippen molar-refractivity contribution in [1.29, 1.82) is 0 Å². The Hall–Kier alpha value is -2.91. The second kappa shape index (κ2) is 9.73. The van der Waals surface area contributed by atoms with Crippen molar-refractivity contribution >= 4 is 5.91 Å². The molecule has 1 heterocycles. The zero-order valence-electron chi connectivity index (χ0n) is 17.7. The van der Waals surface area contributed by atoms with Gasteiger partial charge >= 0.3 is 0 Å². The van der Waals surface area contributed by atoms with Gasteiger partial charge in [0.2, 0.25) is 5.91 Å². The van der Waals surface area contributed by atoms with Gasteiger partial charge in [0, 0.05) is 38.1 Å². The van der Waals surface area contributed by atoms with Crippen molar-refractivity contribution in [1.82, 2.24) is 9.80 Å². The third-order valence-electron chi connectivity index (χ3n) is 5.98. The third-order valence-corrected chi connectivity index (χ3v) is 5.98. The average molecular weight is 399 g/mol. The number of nitrogens with zero attached hydrogens (tertiary/aromatic N) is 2. The predicted molar refractivity (Wildman–Crippen MR) is 122 cm³/mol. The normalized spacial score (nSPS) is 19.3. The third kappa shape index (κ3) is 5.17. The summed E-state index contributed by atoms with van der Waals surface area (Å²) in [6.45, 7) is 5.32. The van der Waals surface area contributed by atoms with Crippen molar-refractivity contribution in [3.63, 3.8) is 0 Å². The maximum atomic E-state index is 12.9. The summed E-state index contributed by atoms with van der Waals surface area (Å²) < 4.78 is 0. The largest absolute Gasteiger partial charge is 0.337 e. The minimum absolute atomic E-state index is 0.0431. The van der Waals surface area contributed by atoms with Crippen LogP contribution < -0.4 is 0 Å². The first-order valence-corrected chi connectivity index (χ1v) is 10.8. The minimum atomic E-state index is 0.0431. The van der Waals surface area contributed by atoms with E-state index in [9.17, 15) is 4.79 Å². The number of hydrogen-bond donors (Lipinski definition) is 0. The van der Waals surface area contributed by atoms with Crippen molar-refractivity contribution in [2.75, 3.05) is 6.54 Å². The molecular formula is C27H30N2O. The van der Waals surface area contributed by atoms with E-state index < -0.39 is 0 Å². The number of benzene rings is 3. The van der Waals surface area contributed by atoms with Gasteiger partial charge in [-0.15, -0.1) is 0 Å². The Kier molecular flexibility index (Phi) is 6.60. The fourth-order valence-corrected chi connectivity index (χ4v) is 4.40. The van der Waals surface area contributed by atoms with Crippen molar-refractivity contribution < 1.29 is 4.79 Å². The molecule has 0 radical (unpaired) electrons. The highest BCUT2D eigenvalue weighted by Gasteiger charge is 2.34. The number of likely N-dealkylation sites (tertiary alicyclic amines) is 1. The molecule has 1 aliphatic heterocycles. The fraction of sp³-hybridized carbons (Fsp3) is 0.296. The Bertz CT molecular complexity index is 885. The number of carbonyl (C=O) groups excluding carboxylic acids is 1. The van der Waals surface area contributed by atoms with Gasteiger partial charge in [-0.3, -0.25) is 9.69 Å². The summed E-state index contributed by atoms with van der Waals surface area (Å²) in [6, 6.07) is 32.0. The molecule has 1 saturated heterocycles. The van der Waals surface area contributed by atoms with Gasteiger partial charge in [-0.05, 0) is 23.1 Å². The van der Waals surface area contributed by atoms with E-state index in [0.717, 1.165) is 26.1 Å². The molecule has 0 unspecified atom stereocenters. The molecule has 0 bridgehead atoms. The van der Waals surface area contributed by atoms with Crippen LogP contribution in [-0.2, 0) is 24.4 Å². The monoisotopic (exact) mass is 398 g/mol. The lowest BCUT2D eigenvalue weighted by Gasteiger charge is -2.42. The van der Waals surface area contributed by atoms with Crippen LogP contribution in [0.1, 0.15) is 30.0 Å². The summed E-state index contributed by atoms with van der Waals surface area (Å²) in [5.74, 6) is 0.316. The first kappa shape index (κ1) is 20.4. The topological polar surface area (TPSA) is 23.6 Å². The molecule has 1 aliphatic rings. The van der Waals surface area contributed by atoms with E-state index in [4.69, 9.17) is 0 Å². The van der Waals surface area contributed by atoms with E-state index >= 15 is 0 Å². The van der Waals surface area contributed by atoms with E-state index in [2.05, 4.69) is 89.5 Å². The molecule has 3 aromatic rings. The number of rotatable bonds is 7. The molecule has 3 heteroatoms. The van der Waals surface area contributed by atoms with Gasteiger partial charge in [-0.2, -0.15) is 0 Å². The zero-order chi connectivity index (χ0) is 20.8. The molecule has 3 aromatic carbocycles. The summed E-state index contributed by atoms with van der Waals surface area (Å²) in [5, 5.41) is 0. The molecule has 1 fully saturated rings. The van der Waals surface area contributed by atoms with Crippen LogP contribution >= 0.6 is 0 Å². The lowest BCUT2D eigenvalue weighted by Crippen LogP contribution is -2.52. The Morgan fingerprint density at radius 3 is 1.73 bits per heavy atom. The summed E-state index contributed by atoms with van der Waals surface area (Å²) in [7, 11) is 0. The number of carbonyl (C=O) groups is 1. The van der Waals surface area contributed by atoms with E-state index in [1.54, 1.807) is 0 Å². The second-order valence-corrected chi connectivity index (χ2v) is 8.37. The van der Waals surface area contributed by atoms with Gasteiger partial charge in [0.25, 0.3) is 0 Å². The van der Waals surface area contributed by atoms with Crippen LogP contribution in [-0.4, -0.2) is 28.3 Å². The van der Waals surface area contributed by atoms with Crippen molar-refractivity contribution in [3.8, 4) is 0 Å². The molecule has 2 atom stereocenters. The maximum absolute atomic E-state index is 12.9. The molecule has 0 saturated carbocycles. The Labute approximate surface area is 180 Å². The highest BCUT2D eigenvalue weighted by molar-refractivity contribution is 5.79. The lowest BCUT2D eigenvalue weighted by atomic mass is 9.92. The van der Waals surface area contributed by atoms with Gasteiger partial charge < -0.3 is 4.90 Å². The van der Waals surface area contributed by atoms with Gasteiger partial charge in [0.15, 0.2) is 0 Å². The highest BCUT2D eigenvalue weighted by atomic mass is 16.2. The van der Waals surface area contributed by atoms with Crippen LogP contribution in [0.4, 0.5) is 0 Å². The van der Waals surface area contributed by atoms with Crippen molar-refractivity contribution in [3.05, 3.63) is 108 Å². The Balaban J connectivity index is 1.55. The number of piperidine rings is 1. The maximum Gasteiger partial charge on any atom is 0.225 e. The molecule has 0 N–H and O–H groups in total. The van der Waals surface area contributed by atoms with E-state index in [1.807, 2.05) is 18.2 Å². The fourth-order valence-electron chi connectivity index (χ4n) is 4.40. The molecule has 3 nitrogen and oxygen atoms in total. The molecule has 30 heavy (non-hydrogen) atoms. The predicted octanol–water partition coefficient (Wildman–Crippen LogP) is 5.13. The average Bonchev–Trinajstić information content (AvgIpc) is 2.78. The zero-order valence-corrected chi connectivity index (χ0v) is 17.7. The van der Waals surface area contributed by atoms with Gasteiger partial charge in [-0.1, -0.05) is 97.9 Å². The van der Waals surface area contributed by atoms with Gasteiger partial charge in [0.1, 0.15) is 0 Å². The molecule has 1 amide bonds. The molecule has 4 rings (SSSR count). The van der Waals surface area contributed by atoms with E-state index in [-0.39, 0.29) is 11.8 Å². The van der Waals surface area contributed by atoms with Crippen molar-refractivity contribution in [2.24, 2.45) is 5.92 Å². The van der Waals surface area contributed by atoms with E-state index in [1.165, 1.54) is 16.7 Å². The first-order valence-electron chi connectivity index (χ1n) is 10.8. The molecule has 0 spiro atoms. The quantitative estimate of drug-likeness (QED) is 0.551. The first-order chi connectivity index (χ1) is 14.7. The standard InChI is InChI=1S/C27H30N2O/c1-22-17-26(21-29(27(22)30)20-25-15-9-4-10-16-25)28(18-23-11-5-2-6-12-23)19-24-13-7-3-8-14-24/h2-16,22,26H,17-21H2,1H3/t22-,26+/m1/s1. The summed E-state index contributed by atoms with van der Waals surface area (Å²) in [6.07, 6.45) is 0.907. The minimum Gasteiger partial charge on any atom is -0.337 e. The van der Waals surface area contributed by atoms with Crippen LogP contribution in [0.15, 0.2) is 91.0 Å². The molecular weight excluding hydrogens is 368 g/mol. The second-order valence-electron chi connectivity index (χ2n) is 8.37. The summed E-state index contributed by atoms with van der Waals surface area (Å²) in [4.78, 5) is 17.5. The van der Waals surface area contributed by atoms with Crippen LogP contribution in [0.25, 0.3) is 0 Å².